The van der Waals surface area contributed by atoms with Crippen LogP contribution in [0, 0.1) is 0 Å². The first-order chi connectivity index (χ1) is 19.0. The predicted molar refractivity (Wildman–Crippen MR) is 144 cm³/mol. The van der Waals surface area contributed by atoms with E-state index in [0.29, 0.717) is 46.3 Å². The molecule has 17 heteroatoms. The minimum atomic E-state index is -3.78. The lowest BCUT2D eigenvalue weighted by Gasteiger charge is -2.16. The van der Waals surface area contributed by atoms with Crippen LogP contribution in [0.4, 0.5) is 11.6 Å². The summed E-state index contributed by atoms with van der Waals surface area (Å²) >= 11 is 0. The van der Waals surface area contributed by atoms with Gasteiger partial charge >= 0.3 is 0 Å². The molecule has 0 radical (unpaired) electrons. The number of hydrogen-bond acceptors (Lipinski definition) is 12. The molecule has 1 unspecified atom stereocenters. The molecule has 4 aromatic rings. The van der Waals surface area contributed by atoms with E-state index in [1.54, 1.807) is 12.3 Å². The summed E-state index contributed by atoms with van der Waals surface area (Å²) in [6.45, 7) is -0.138. The summed E-state index contributed by atoms with van der Waals surface area (Å²) in [6, 6.07) is 1.56. The Morgan fingerprint density at radius 3 is 2.83 bits per heavy atom. The van der Waals surface area contributed by atoms with Gasteiger partial charge in [0.05, 0.1) is 28.9 Å². The molecule has 0 saturated carbocycles. The van der Waals surface area contributed by atoms with Gasteiger partial charge in [-0.05, 0) is 24.5 Å². The Labute approximate surface area is 226 Å². The second-order valence-electron chi connectivity index (χ2n) is 9.58. The average molecular weight is 576 g/mol. The van der Waals surface area contributed by atoms with E-state index >= 15 is 0 Å². The summed E-state index contributed by atoms with van der Waals surface area (Å²) in [7, 11) is -3.78. The molecule has 4 atom stereocenters. The molecule has 5 rings (SSSR count). The van der Waals surface area contributed by atoms with Crippen LogP contribution in [-0.2, 0) is 25.8 Å². The number of rotatable bonds is 10. The molecule has 1 saturated heterocycles. The molecule has 4 aromatic heterocycles. The first kappa shape index (κ1) is 27.5. The molecule has 1 aliphatic heterocycles. The molecular formula is C23H29N9O7S. The number of nitrogens with one attached hydrogen (secondary N) is 3. The number of aliphatic hydroxyl groups is 2. The van der Waals surface area contributed by atoms with Gasteiger partial charge in [-0.3, -0.25) is 19.1 Å². The van der Waals surface area contributed by atoms with Crippen LogP contribution in [0.3, 0.4) is 0 Å². The minimum Gasteiger partial charge on any atom is -0.397 e. The molecule has 214 valence electrons. The van der Waals surface area contributed by atoms with Crippen LogP contribution < -0.4 is 22.3 Å². The van der Waals surface area contributed by atoms with Gasteiger partial charge in [-0.2, -0.15) is 4.98 Å². The molecule has 1 aliphatic rings. The Morgan fingerprint density at radius 2 is 2.02 bits per heavy atom. The van der Waals surface area contributed by atoms with Gasteiger partial charge in [0.1, 0.15) is 29.5 Å². The van der Waals surface area contributed by atoms with Crippen molar-refractivity contribution in [1.29, 1.82) is 0 Å². The molecule has 40 heavy (non-hydrogen) atoms. The first-order valence-corrected chi connectivity index (χ1v) is 14.3. The number of anilines is 2. The quantitative estimate of drug-likeness (QED) is 0.112. The van der Waals surface area contributed by atoms with Gasteiger partial charge in [-0.1, -0.05) is 0 Å². The fourth-order valence-corrected chi connectivity index (χ4v) is 6.12. The summed E-state index contributed by atoms with van der Waals surface area (Å²) in [6.07, 6.45) is 0.180. The number of sulfone groups is 1. The SMILES string of the molecule is Nc1nc2[nH]cc(CCCC(=O)NCCS(=O)(=O)C[C@H]3O[C@@H](n4cnc5c(N)ccnc54)[C@@H](O)C3O)c2c(=O)[nH]1. The van der Waals surface area contributed by atoms with Crippen LogP contribution in [0.1, 0.15) is 24.6 Å². The summed E-state index contributed by atoms with van der Waals surface area (Å²) in [5.74, 6) is -1.30. The van der Waals surface area contributed by atoms with Crippen LogP contribution in [0.15, 0.2) is 29.6 Å². The normalized spacial score (nSPS) is 21.4. The van der Waals surface area contributed by atoms with Crippen molar-refractivity contribution in [2.45, 2.75) is 43.8 Å². The number of nitrogens with two attached hydrogens (primary N) is 2. The standard InChI is InChI=1S/C23H29N9O7S/c24-12-4-5-27-20-16(12)29-10-32(20)22-18(35)17(34)13(39-22)9-40(37,38)7-6-26-14(33)3-1-2-11-8-28-19-15(11)21(36)31-23(25)30-19/h4-5,8,10,13,17-18,22,34-35H,1-3,6-7,9H2,(H2,24,27)(H,26,33)(H4,25,28,30,31,36)/t13-,17?,18+,22-/m1/s1. The van der Waals surface area contributed by atoms with E-state index in [2.05, 4.69) is 30.2 Å². The van der Waals surface area contributed by atoms with E-state index in [0.717, 1.165) is 0 Å². The largest absolute Gasteiger partial charge is 0.397 e. The van der Waals surface area contributed by atoms with Crippen LogP contribution in [-0.4, -0.2) is 90.4 Å². The summed E-state index contributed by atoms with van der Waals surface area (Å²) in [4.78, 5) is 42.1. The molecule has 5 heterocycles. The third-order valence-corrected chi connectivity index (χ3v) is 8.41. The van der Waals surface area contributed by atoms with Crippen molar-refractivity contribution in [3.05, 3.63) is 40.7 Å². The summed E-state index contributed by atoms with van der Waals surface area (Å²) < 4.78 is 32.5. The summed E-state index contributed by atoms with van der Waals surface area (Å²) in [5.41, 5.74) is 13.2. The molecule has 1 fully saturated rings. The highest BCUT2D eigenvalue weighted by atomic mass is 32.2. The minimum absolute atomic E-state index is 0.0000377. The fraction of sp³-hybridized carbons (Fsp3) is 0.435. The van der Waals surface area contributed by atoms with Gasteiger partial charge in [0, 0.05) is 25.4 Å². The Balaban J connectivity index is 1.10. The molecule has 0 aromatic carbocycles. The molecule has 0 bridgehead atoms. The van der Waals surface area contributed by atoms with E-state index in [4.69, 9.17) is 16.2 Å². The van der Waals surface area contributed by atoms with Crippen molar-refractivity contribution in [3.8, 4) is 0 Å². The third-order valence-electron chi connectivity index (χ3n) is 6.75. The Bertz CT molecular complexity index is 1710. The number of ether oxygens (including phenoxy) is 1. The van der Waals surface area contributed by atoms with Crippen molar-refractivity contribution in [2.24, 2.45) is 0 Å². The Kier molecular flexibility index (Phi) is 7.45. The number of hydrogen-bond donors (Lipinski definition) is 7. The van der Waals surface area contributed by atoms with Crippen molar-refractivity contribution in [3.63, 3.8) is 0 Å². The maximum Gasteiger partial charge on any atom is 0.262 e. The van der Waals surface area contributed by atoms with Crippen LogP contribution in [0.25, 0.3) is 22.2 Å². The van der Waals surface area contributed by atoms with E-state index < -0.39 is 40.1 Å². The van der Waals surface area contributed by atoms with Gasteiger partial charge in [-0.15, -0.1) is 0 Å². The zero-order valence-electron chi connectivity index (χ0n) is 21.1. The van der Waals surface area contributed by atoms with E-state index in [1.165, 1.54) is 17.1 Å². The number of H-pyrrole nitrogens is 2. The van der Waals surface area contributed by atoms with Gasteiger partial charge in [-0.25, -0.2) is 18.4 Å². The topological polar surface area (TPSA) is 257 Å². The number of pyridine rings is 1. The van der Waals surface area contributed by atoms with Crippen LogP contribution in [0.2, 0.25) is 0 Å². The number of aryl methyl sites for hydroxylation is 1. The fourth-order valence-electron chi connectivity index (χ4n) is 4.76. The monoisotopic (exact) mass is 575 g/mol. The number of nitrogen functional groups attached to an aromatic ring is 2. The molecule has 0 aliphatic carbocycles. The molecule has 0 spiro atoms. The highest BCUT2D eigenvalue weighted by Gasteiger charge is 2.45. The lowest BCUT2D eigenvalue weighted by molar-refractivity contribution is -0.121. The van der Waals surface area contributed by atoms with Crippen molar-refractivity contribution in [2.75, 3.05) is 29.5 Å². The predicted octanol–water partition coefficient (Wildman–Crippen LogP) is -1.67. The van der Waals surface area contributed by atoms with Gasteiger partial charge in [0.2, 0.25) is 11.9 Å². The number of amides is 1. The lowest BCUT2D eigenvalue weighted by Crippen LogP contribution is -2.37. The van der Waals surface area contributed by atoms with E-state index in [-0.39, 0.29) is 36.1 Å². The smallest absolute Gasteiger partial charge is 0.262 e. The first-order valence-electron chi connectivity index (χ1n) is 12.5. The van der Waals surface area contributed by atoms with Crippen molar-refractivity contribution in [1.82, 2.24) is 34.8 Å². The summed E-state index contributed by atoms with van der Waals surface area (Å²) in [5, 5.41) is 24.0. The molecular weight excluding hydrogens is 546 g/mol. The van der Waals surface area contributed by atoms with Gasteiger partial charge < -0.3 is 36.7 Å². The zero-order valence-corrected chi connectivity index (χ0v) is 22.0. The molecule has 9 N–H and O–H groups in total. The Morgan fingerprint density at radius 1 is 1.23 bits per heavy atom. The third kappa shape index (κ3) is 5.48. The molecule has 16 nitrogen and oxygen atoms in total. The van der Waals surface area contributed by atoms with Crippen molar-refractivity contribution < 1.29 is 28.2 Å². The lowest BCUT2D eigenvalue weighted by atomic mass is 10.1. The second-order valence-corrected chi connectivity index (χ2v) is 11.8. The average Bonchev–Trinajstić information content (AvgIpc) is 3.57. The van der Waals surface area contributed by atoms with E-state index in [9.17, 15) is 28.2 Å². The number of aliphatic hydroxyl groups excluding tert-OH is 2. The molecule has 1 amide bonds. The van der Waals surface area contributed by atoms with Crippen molar-refractivity contribution >= 4 is 49.6 Å². The van der Waals surface area contributed by atoms with Gasteiger partial charge in [0.25, 0.3) is 5.56 Å². The van der Waals surface area contributed by atoms with E-state index in [1.807, 2.05) is 0 Å². The Hall–Kier alpha value is -4.06. The number of imidazole rings is 1. The number of fused-ring (bicyclic) bond motifs is 2. The maximum absolute atomic E-state index is 12.7. The number of aromatic nitrogens is 6. The number of carbonyl (C=O) groups excluding carboxylic acids is 1. The zero-order chi connectivity index (χ0) is 28.6. The maximum atomic E-state index is 12.7. The van der Waals surface area contributed by atoms with Gasteiger partial charge in [0.15, 0.2) is 21.7 Å². The number of carbonyl (C=O) groups is 1. The highest BCUT2D eigenvalue weighted by Crippen LogP contribution is 2.32. The number of aromatic amines is 2. The van der Waals surface area contributed by atoms with Crippen LogP contribution >= 0.6 is 0 Å². The highest BCUT2D eigenvalue weighted by molar-refractivity contribution is 7.91. The van der Waals surface area contributed by atoms with Crippen LogP contribution in [0.5, 0.6) is 0 Å². The second kappa shape index (κ2) is 10.8. The number of nitrogens with zero attached hydrogens (tertiary/aromatic N) is 4.